The SMILES string of the molecule is CCNC(=NCc1ccn[nH]1)N1CCc2ccccc21.I. The van der Waals surface area contributed by atoms with Crippen molar-refractivity contribution in [2.75, 3.05) is 18.0 Å². The Morgan fingerprint density at radius 3 is 3.00 bits per heavy atom. The first-order valence-electron chi connectivity index (χ1n) is 7.00. The lowest BCUT2D eigenvalue weighted by Gasteiger charge is -2.22. The summed E-state index contributed by atoms with van der Waals surface area (Å²) in [6.45, 7) is 4.54. The number of hydrogen-bond donors (Lipinski definition) is 2. The van der Waals surface area contributed by atoms with Crippen LogP contribution in [0.2, 0.25) is 0 Å². The van der Waals surface area contributed by atoms with E-state index in [9.17, 15) is 0 Å². The summed E-state index contributed by atoms with van der Waals surface area (Å²) in [6, 6.07) is 10.5. The van der Waals surface area contributed by atoms with E-state index in [1.54, 1.807) is 6.20 Å². The van der Waals surface area contributed by atoms with E-state index >= 15 is 0 Å². The van der Waals surface area contributed by atoms with E-state index in [0.29, 0.717) is 6.54 Å². The number of aromatic amines is 1. The second kappa shape index (κ2) is 7.44. The molecule has 21 heavy (non-hydrogen) atoms. The summed E-state index contributed by atoms with van der Waals surface area (Å²) in [7, 11) is 0. The highest BCUT2D eigenvalue weighted by molar-refractivity contribution is 14.0. The molecule has 0 unspecified atom stereocenters. The van der Waals surface area contributed by atoms with Crippen molar-refractivity contribution in [1.82, 2.24) is 15.5 Å². The Balaban J connectivity index is 0.00000161. The summed E-state index contributed by atoms with van der Waals surface area (Å²) >= 11 is 0. The lowest BCUT2D eigenvalue weighted by molar-refractivity contribution is 0.869. The number of H-pyrrole nitrogens is 1. The fourth-order valence-corrected chi connectivity index (χ4v) is 2.49. The van der Waals surface area contributed by atoms with Gasteiger partial charge in [0, 0.05) is 25.0 Å². The monoisotopic (exact) mass is 397 g/mol. The molecule has 6 heteroatoms. The van der Waals surface area contributed by atoms with Gasteiger partial charge in [0.25, 0.3) is 0 Å². The van der Waals surface area contributed by atoms with E-state index < -0.39 is 0 Å². The van der Waals surface area contributed by atoms with Crippen LogP contribution < -0.4 is 10.2 Å². The average molecular weight is 397 g/mol. The van der Waals surface area contributed by atoms with Crippen molar-refractivity contribution in [3.8, 4) is 0 Å². The van der Waals surface area contributed by atoms with Crippen LogP contribution in [0.5, 0.6) is 0 Å². The fourth-order valence-electron chi connectivity index (χ4n) is 2.49. The molecule has 0 fully saturated rings. The molecule has 0 spiro atoms. The molecule has 0 bridgehead atoms. The number of aliphatic imine (C=N–C) groups is 1. The van der Waals surface area contributed by atoms with Gasteiger partial charge in [0.05, 0.1) is 12.2 Å². The van der Waals surface area contributed by atoms with Gasteiger partial charge in [0.15, 0.2) is 5.96 Å². The molecule has 0 aliphatic carbocycles. The average Bonchev–Trinajstić information content (AvgIpc) is 3.13. The van der Waals surface area contributed by atoms with E-state index in [-0.39, 0.29) is 24.0 Å². The molecule has 0 radical (unpaired) electrons. The molecule has 1 aliphatic heterocycles. The highest BCUT2D eigenvalue weighted by Crippen LogP contribution is 2.27. The van der Waals surface area contributed by atoms with Crippen molar-refractivity contribution < 1.29 is 0 Å². The van der Waals surface area contributed by atoms with Crippen LogP contribution in [0.25, 0.3) is 0 Å². The van der Waals surface area contributed by atoms with Crippen molar-refractivity contribution in [1.29, 1.82) is 0 Å². The molecule has 0 saturated heterocycles. The first-order valence-corrected chi connectivity index (χ1v) is 7.00. The Hall–Kier alpha value is -1.57. The number of anilines is 1. The van der Waals surface area contributed by atoms with Crippen LogP contribution in [-0.2, 0) is 13.0 Å². The molecule has 1 aliphatic rings. The molecular weight excluding hydrogens is 377 g/mol. The minimum absolute atomic E-state index is 0. The standard InChI is InChI=1S/C15H19N5.HI/c1-2-16-15(17-11-13-7-9-18-19-13)20-10-8-12-5-3-4-6-14(12)20;/h3-7,9H,2,8,10-11H2,1H3,(H,16,17)(H,18,19);1H. The van der Waals surface area contributed by atoms with Crippen LogP contribution in [-0.4, -0.2) is 29.2 Å². The molecule has 1 aromatic carbocycles. The van der Waals surface area contributed by atoms with E-state index in [0.717, 1.165) is 31.2 Å². The zero-order chi connectivity index (χ0) is 13.8. The lowest BCUT2D eigenvalue weighted by Crippen LogP contribution is -2.40. The predicted molar refractivity (Wildman–Crippen MR) is 96.3 cm³/mol. The Morgan fingerprint density at radius 2 is 2.24 bits per heavy atom. The quantitative estimate of drug-likeness (QED) is 0.476. The summed E-state index contributed by atoms with van der Waals surface area (Å²) < 4.78 is 0. The highest BCUT2D eigenvalue weighted by Gasteiger charge is 2.22. The van der Waals surface area contributed by atoms with Crippen LogP contribution in [0.4, 0.5) is 5.69 Å². The predicted octanol–water partition coefficient (Wildman–Crippen LogP) is 2.56. The second-order valence-corrected chi connectivity index (χ2v) is 4.78. The van der Waals surface area contributed by atoms with Crippen LogP contribution in [0.15, 0.2) is 41.5 Å². The van der Waals surface area contributed by atoms with Crippen molar-refractivity contribution in [2.24, 2.45) is 4.99 Å². The summed E-state index contributed by atoms with van der Waals surface area (Å²) in [5.74, 6) is 0.937. The number of para-hydroxylation sites is 1. The minimum Gasteiger partial charge on any atom is -0.356 e. The Labute approximate surface area is 141 Å². The topological polar surface area (TPSA) is 56.3 Å². The van der Waals surface area contributed by atoms with Gasteiger partial charge in [0.1, 0.15) is 0 Å². The minimum atomic E-state index is 0. The molecule has 1 aromatic heterocycles. The first-order chi connectivity index (χ1) is 9.88. The van der Waals surface area contributed by atoms with Crippen LogP contribution in [0.1, 0.15) is 18.2 Å². The number of nitrogens with zero attached hydrogens (tertiary/aromatic N) is 3. The third-order valence-electron chi connectivity index (χ3n) is 3.44. The number of rotatable bonds is 3. The number of nitrogens with one attached hydrogen (secondary N) is 2. The molecule has 5 nitrogen and oxygen atoms in total. The third-order valence-corrected chi connectivity index (χ3v) is 3.44. The Kier molecular flexibility index (Phi) is 5.60. The van der Waals surface area contributed by atoms with Gasteiger partial charge in [-0.1, -0.05) is 18.2 Å². The van der Waals surface area contributed by atoms with Crippen molar-refractivity contribution in [3.05, 3.63) is 47.8 Å². The summed E-state index contributed by atoms with van der Waals surface area (Å²) in [5, 5.41) is 10.3. The normalized spacial score (nSPS) is 13.8. The van der Waals surface area contributed by atoms with E-state index in [1.165, 1.54) is 11.3 Å². The molecule has 2 aromatic rings. The maximum Gasteiger partial charge on any atom is 0.198 e. The molecule has 0 atom stereocenters. The van der Waals surface area contributed by atoms with Crippen LogP contribution in [0, 0.1) is 0 Å². The van der Waals surface area contributed by atoms with Gasteiger partial charge in [0.2, 0.25) is 0 Å². The van der Waals surface area contributed by atoms with Crippen molar-refractivity contribution >= 4 is 35.6 Å². The third kappa shape index (κ3) is 3.55. The Morgan fingerprint density at radius 1 is 1.38 bits per heavy atom. The number of hydrogen-bond acceptors (Lipinski definition) is 2. The number of fused-ring (bicyclic) bond motifs is 1. The maximum atomic E-state index is 4.70. The van der Waals surface area contributed by atoms with Gasteiger partial charge in [-0.15, -0.1) is 24.0 Å². The number of halogens is 1. The number of benzene rings is 1. The van der Waals surface area contributed by atoms with Crippen LogP contribution in [0.3, 0.4) is 0 Å². The van der Waals surface area contributed by atoms with Gasteiger partial charge in [-0.3, -0.25) is 5.10 Å². The Bertz CT molecular complexity index is 594. The lowest BCUT2D eigenvalue weighted by atomic mass is 10.2. The van der Waals surface area contributed by atoms with Gasteiger partial charge in [-0.25, -0.2) is 4.99 Å². The summed E-state index contributed by atoms with van der Waals surface area (Å²) in [6.07, 6.45) is 2.83. The zero-order valence-electron chi connectivity index (χ0n) is 12.0. The van der Waals surface area contributed by atoms with E-state index in [4.69, 9.17) is 4.99 Å². The molecular formula is C15H20IN5. The number of aromatic nitrogens is 2. The molecule has 112 valence electrons. The molecule has 0 amide bonds. The zero-order valence-corrected chi connectivity index (χ0v) is 14.4. The van der Waals surface area contributed by atoms with Crippen molar-refractivity contribution in [2.45, 2.75) is 19.9 Å². The van der Waals surface area contributed by atoms with Crippen LogP contribution >= 0.6 is 24.0 Å². The fraction of sp³-hybridized carbons (Fsp3) is 0.333. The van der Waals surface area contributed by atoms with E-state index in [2.05, 4.69) is 51.6 Å². The van der Waals surface area contributed by atoms with Gasteiger partial charge >= 0.3 is 0 Å². The molecule has 3 rings (SSSR count). The summed E-state index contributed by atoms with van der Waals surface area (Å²) in [5.41, 5.74) is 3.67. The van der Waals surface area contributed by atoms with Gasteiger partial charge < -0.3 is 10.2 Å². The largest absolute Gasteiger partial charge is 0.356 e. The smallest absolute Gasteiger partial charge is 0.198 e. The second-order valence-electron chi connectivity index (χ2n) is 4.78. The highest BCUT2D eigenvalue weighted by atomic mass is 127. The molecule has 0 saturated carbocycles. The number of guanidine groups is 1. The first kappa shape index (κ1) is 15.8. The maximum absolute atomic E-state index is 4.70. The molecule has 2 heterocycles. The van der Waals surface area contributed by atoms with E-state index in [1.807, 2.05) is 6.07 Å². The summed E-state index contributed by atoms with van der Waals surface area (Å²) in [4.78, 5) is 6.96. The van der Waals surface area contributed by atoms with Crippen molar-refractivity contribution in [3.63, 3.8) is 0 Å². The molecule has 2 N–H and O–H groups in total. The van der Waals surface area contributed by atoms with Gasteiger partial charge in [-0.2, -0.15) is 5.10 Å². The van der Waals surface area contributed by atoms with Gasteiger partial charge in [-0.05, 0) is 31.0 Å².